The average Bonchev–Trinajstić information content (AvgIpc) is 2.65. The number of rotatable bonds is 5. The Bertz CT molecular complexity index is 721. The number of carbonyl (C=O) groups excluding carboxylic acids is 1. The molecule has 0 unspecified atom stereocenters. The van der Waals surface area contributed by atoms with Crippen molar-refractivity contribution in [2.75, 3.05) is 31.6 Å². The van der Waals surface area contributed by atoms with E-state index in [1.54, 1.807) is 0 Å². The Kier molecular flexibility index (Phi) is 6.18. The Hall–Kier alpha value is -1.76. The fourth-order valence-electron chi connectivity index (χ4n) is 4.91. The lowest BCUT2D eigenvalue weighted by Crippen LogP contribution is -2.70. The molecule has 29 heavy (non-hydrogen) atoms. The molecule has 162 valence electrons. The molecule has 2 aliphatic rings. The van der Waals surface area contributed by atoms with Crippen molar-refractivity contribution in [3.63, 3.8) is 0 Å². The number of amides is 1. The van der Waals surface area contributed by atoms with Crippen molar-refractivity contribution < 1.29 is 4.79 Å². The first-order valence-corrected chi connectivity index (χ1v) is 11.0. The van der Waals surface area contributed by atoms with Crippen LogP contribution in [-0.2, 0) is 4.79 Å². The van der Waals surface area contributed by atoms with Crippen molar-refractivity contribution >= 4 is 11.9 Å². The largest absolute Gasteiger partial charge is 0.337 e. The molecule has 7 heteroatoms. The second-order valence-electron chi connectivity index (χ2n) is 9.87. The average molecular weight is 403 g/mol. The summed E-state index contributed by atoms with van der Waals surface area (Å²) >= 11 is 0. The number of aryl methyl sites for hydroxylation is 2. The van der Waals surface area contributed by atoms with E-state index in [-0.39, 0.29) is 11.4 Å². The van der Waals surface area contributed by atoms with Gasteiger partial charge < -0.3 is 9.80 Å². The minimum atomic E-state index is -0.502. The van der Waals surface area contributed by atoms with Crippen molar-refractivity contribution in [2.45, 2.75) is 90.8 Å². The van der Waals surface area contributed by atoms with Crippen LogP contribution in [0.2, 0.25) is 0 Å². The lowest BCUT2D eigenvalue weighted by Gasteiger charge is -2.54. The number of hydrogen-bond donors (Lipinski definition) is 0. The number of likely N-dealkylation sites (N-methyl/N-ethyl adjacent to an activating group) is 1. The Morgan fingerprint density at radius 2 is 1.59 bits per heavy atom. The molecule has 1 saturated heterocycles. The molecule has 1 aromatic heterocycles. The topological polar surface area (TPSA) is 65.5 Å². The number of carbonyl (C=O) groups is 1. The first-order chi connectivity index (χ1) is 13.5. The van der Waals surface area contributed by atoms with Crippen LogP contribution in [0.5, 0.6) is 0 Å². The summed E-state index contributed by atoms with van der Waals surface area (Å²) in [7, 11) is 2.06. The lowest BCUT2D eigenvalue weighted by molar-refractivity contribution is -0.157. The van der Waals surface area contributed by atoms with Gasteiger partial charge in [-0.05, 0) is 61.4 Å². The monoisotopic (exact) mass is 402 g/mol. The summed E-state index contributed by atoms with van der Waals surface area (Å²) < 4.78 is 0. The quantitative estimate of drug-likeness (QED) is 0.754. The van der Waals surface area contributed by atoms with E-state index in [0.29, 0.717) is 12.6 Å². The lowest BCUT2D eigenvalue weighted by atomic mass is 9.87. The molecule has 1 aliphatic carbocycles. The van der Waals surface area contributed by atoms with Crippen LogP contribution < -0.4 is 4.90 Å². The van der Waals surface area contributed by atoms with Crippen molar-refractivity contribution in [3.05, 3.63) is 11.6 Å². The molecular weight excluding hydrogens is 364 g/mol. The highest BCUT2D eigenvalue weighted by Gasteiger charge is 2.48. The van der Waals surface area contributed by atoms with Crippen LogP contribution >= 0.6 is 0 Å². The molecule has 2 fully saturated rings. The van der Waals surface area contributed by atoms with Crippen LogP contribution in [0, 0.1) is 13.8 Å². The molecule has 0 aromatic carbocycles. The molecule has 2 heterocycles. The summed E-state index contributed by atoms with van der Waals surface area (Å²) in [4.78, 5) is 33.4. The highest BCUT2D eigenvalue weighted by atomic mass is 16.2. The highest BCUT2D eigenvalue weighted by Crippen LogP contribution is 2.32. The normalized spacial score (nSPS) is 22.7. The zero-order valence-electron chi connectivity index (χ0n) is 19.3. The maximum Gasteiger partial charge on any atom is 0.242 e. The Labute approximate surface area is 175 Å². The van der Waals surface area contributed by atoms with Gasteiger partial charge in [0, 0.05) is 31.2 Å². The molecule has 0 N–H and O–H groups in total. The molecule has 0 radical (unpaired) electrons. The summed E-state index contributed by atoms with van der Waals surface area (Å²) in [5.41, 5.74) is -0.564. The molecule has 3 rings (SSSR count). The van der Waals surface area contributed by atoms with E-state index in [2.05, 4.69) is 45.6 Å². The number of anilines is 1. The van der Waals surface area contributed by atoms with Gasteiger partial charge in [0.2, 0.25) is 11.9 Å². The Morgan fingerprint density at radius 1 is 1.00 bits per heavy atom. The third kappa shape index (κ3) is 4.55. The van der Waals surface area contributed by atoms with Gasteiger partial charge in [0.1, 0.15) is 11.6 Å². The molecule has 0 atom stereocenters. The van der Waals surface area contributed by atoms with Crippen molar-refractivity contribution in [1.82, 2.24) is 24.8 Å². The van der Waals surface area contributed by atoms with Gasteiger partial charge in [-0.3, -0.25) is 9.69 Å². The Balaban J connectivity index is 1.82. The van der Waals surface area contributed by atoms with E-state index in [1.165, 1.54) is 19.3 Å². The molecule has 1 aromatic rings. The second kappa shape index (κ2) is 8.17. The third-order valence-electron chi connectivity index (χ3n) is 6.87. The van der Waals surface area contributed by atoms with Crippen LogP contribution in [0.4, 0.5) is 5.95 Å². The van der Waals surface area contributed by atoms with Gasteiger partial charge in [0.05, 0.1) is 5.54 Å². The summed E-state index contributed by atoms with van der Waals surface area (Å²) in [6, 6.07) is 0.438. The highest BCUT2D eigenvalue weighted by molar-refractivity contribution is 5.86. The maximum absolute atomic E-state index is 13.2. The van der Waals surface area contributed by atoms with Gasteiger partial charge in [0.25, 0.3) is 0 Å². The summed E-state index contributed by atoms with van der Waals surface area (Å²) in [6.07, 6.45) is 6.13. The molecule has 1 aliphatic heterocycles. The smallest absolute Gasteiger partial charge is 0.242 e. The number of aromatic nitrogens is 3. The van der Waals surface area contributed by atoms with Crippen molar-refractivity contribution in [2.24, 2.45) is 0 Å². The summed E-state index contributed by atoms with van der Waals surface area (Å²) in [6.45, 7) is 14.5. The van der Waals surface area contributed by atoms with Crippen molar-refractivity contribution in [1.29, 1.82) is 0 Å². The van der Waals surface area contributed by atoms with E-state index >= 15 is 0 Å². The van der Waals surface area contributed by atoms with Crippen LogP contribution in [0.1, 0.15) is 71.4 Å². The molecule has 1 amide bonds. The van der Waals surface area contributed by atoms with Crippen LogP contribution in [0.15, 0.2) is 0 Å². The summed E-state index contributed by atoms with van der Waals surface area (Å²) in [5.74, 6) is 2.48. The third-order valence-corrected chi connectivity index (χ3v) is 6.87. The predicted molar refractivity (Wildman–Crippen MR) is 116 cm³/mol. The van der Waals surface area contributed by atoms with Gasteiger partial charge in [-0.2, -0.15) is 9.97 Å². The van der Waals surface area contributed by atoms with Gasteiger partial charge in [0.15, 0.2) is 0 Å². The number of hydrogen-bond acceptors (Lipinski definition) is 6. The van der Waals surface area contributed by atoms with Crippen LogP contribution in [0.25, 0.3) is 0 Å². The van der Waals surface area contributed by atoms with Gasteiger partial charge in [-0.1, -0.05) is 19.3 Å². The number of piperazine rings is 1. The fourth-order valence-corrected chi connectivity index (χ4v) is 4.91. The summed E-state index contributed by atoms with van der Waals surface area (Å²) in [5, 5.41) is 0. The standard InChI is InChI=1S/C22H38N6O/c1-16-23-17(2)25-20(24-16)28(18-11-9-8-10-12-18)14-13-27-15-21(3,4)26(7)22(5,6)19(27)29/h18H,8-15H2,1-7H3. The van der Waals surface area contributed by atoms with E-state index in [1.807, 2.05) is 32.6 Å². The molecule has 0 spiro atoms. The van der Waals surface area contributed by atoms with E-state index < -0.39 is 5.54 Å². The second-order valence-corrected chi connectivity index (χ2v) is 9.87. The molecular formula is C22H38N6O. The van der Waals surface area contributed by atoms with Crippen LogP contribution in [-0.4, -0.2) is 74.5 Å². The minimum absolute atomic E-state index is 0.0621. The Morgan fingerprint density at radius 3 is 2.17 bits per heavy atom. The zero-order chi connectivity index (χ0) is 21.4. The van der Waals surface area contributed by atoms with Gasteiger partial charge in [-0.25, -0.2) is 4.98 Å². The maximum atomic E-state index is 13.2. The molecule has 1 saturated carbocycles. The van der Waals surface area contributed by atoms with E-state index in [9.17, 15) is 4.79 Å². The SMILES string of the molecule is Cc1nc(C)nc(N(CCN2CC(C)(C)N(C)C(C)(C)C2=O)C2CCCCC2)n1. The number of nitrogens with zero attached hydrogens (tertiary/aromatic N) is 6. The zero-order valence-corrected chi connectivity index (χ0v) is 19.3. The first kappa shape index (κ1) is 21.9. The van der Waals surface area contributed by atoms with Crippen LogP contribution in [0.3, 0.4) is 0 Å². The van der Waals surface area contributed by atoms with E-state index in [0.717, 1.165) is 43.5 Å². The van der Waals surface area contributed by atoms with Crippen molar-refractivity contribution in [3.8, 4) is 0 Å². The van der Waals surface area contributed by atoms with Gasteiger partial charge in [-0.15, -0.1) is 0 Å². The minimum Gasteiger partial charge on any atom is -0.337 e. The fraction of sp³-hybridized carbons (Fsp3) is 0.818. The van der Waals surface area contributed by atoms with E-state index in [4.69, 9.17) is 0 Å². The predicted octanol–water partition coefficient (Wildman–Crippen LogP) is 2.96. The first-order valence-electron chi connectivity index (χ1n) is 11.0. The molecule has 0 bridgehead atoms. The molecule has 7 nitrogen and oxygen atoms in total. The van der Waals surface area contributed by atoms with Gasteiger partial charge >= 0.3 is 0 Å².